The summed E-state index contributed by atoms with van der Waals surface area (Å²) < 4.78 is 5.18. The molecule has 5 heteroatoms. The minimum atomic E-state index is -0.617. The van der Waals surface area contributed by atoms with Gasteiger partial charge in [0.2, 0.25) is 11.8 Å². The van der Waals surface area contributed by atoms with Gasteiger partial charge in [0.25, 0.3) is 0 Å². The molecule has 2 aliphatic carbocycles. The van der Waals surface area contributed by atoms with Gasteiger partial charge >= 0.3 is 0 Å². The fourth-order valence-corrected chi connectivity index (χ4v) is 4.90. The number of pyridine rings is 1. The summed E-state index contributed by atoms with van der Waals surface area (Å²) >= 11 is 0. The predicted octanol–water partition coefficient (Wildman–Crippen LogP) is 2.03. The third-order valence-corrected chi connectivity index (χ3v) is 6.02. The van der Waals surface area contributed by atoms with Gasteiger partial charge in [0.1, 0.15) is 0 Å². The SMILES string of the molecule is COc1cccc(CC2CC3(C2)CN(C(=O)C2CC(C)(O)C2)C3)n1. The second-order valence-corrected chi connectivity index (χ2v) is 8.45. The summed E-state index contributed by atoms with van der Waals surface area (Å²) in [5, 5.41) is 9.79. The van der Waals surface area contributed by atoms with Crippen molar-refractivity contribution in [1.29, 1.82) is 0 Å². The predicted molar refractivity (Wildman–Crippen MR) is 89.6 cm³/mol. The van der Waals surface area contributed by atoms with Crippen molar-refractivity contribution in [1.82, 2.24) is 9.88 Å². The van der Waals surface area contributed by atoms with Gasteiger partial charge in [0, 0.05) is 36.2 Å². The van der Waals surface area contributed by atoms with Gasteiger partial charge in [-0.3, -0.25) is 4.79 Å². The first kappa shape index (κ1) is 15.9. The molecule has 5 nitrogen and oxygen atoms in total. The molecule has 1 aromatic heterocycles. The Bertz CT molecular complexity index is 636. The highest BCUT2D eigenvalue weighted by molar-refractivity contribution is 5.81. The Hall–Kier alpha value is -1.62. The average Bonchev–Trinajstić information content (AvgIpc) is 2.45. The Kier molecular flexibility index (Phi) is 3.60. The van der Waals surface area contributed by atoms with Crippen LogP contribution < -0.4 is 4.74 Å². The Morgan fingerprint density at radius 1 is 1.33 bits per heavy atom. The van der Waals surface area contributed by atoms with Crippen LogP contribution in [-0.2, 0) is 11.2 Å². The van der Waals surface area contributed by atoms with Crippen molar-refractivity contribution in [3.05, 3.63) is 23.9 Å². The molecule has 1 spiro atoms. The van der Waals surface area contributed by atoms with Crippen LogP contribution in [0.15, 0.2) is 18.2 Å². The van der Waals surface area contributed by atoms with Crippen LogP contribution in [0.25, 0.3) is 0 Å². The molecule has 3 aliphatic rings. The number of carbonyl (C=O) groups excluding carboxylic acids is 1. The van der Waals surface area contributed by atoms with Crippen molar-refractivity contribution in [3.8, 4) is 5.88 Å². The largest absolute Gasteiger partial charge is 0.481 e. The summed E-state index contributed by atoms with van der Waals surface area (Å²) in [6.45, 7) is 3.64. The van der Waals surface area contributed by atoms with Crippen LogP contribution >= 0.6 is 0 Å². The fraction of sp³-hybridized carbons (Fsp3) is 0.684. The maximum atomic E-state index is 12.4. The van der Waals surface area contributed by atoms with E-state index in [9.17, 15) is 9.90 Å². The molecule has 0 unspecified atom stereocenters. The lowest BCUT2D eigenvalue weighted by molar-refractivity contribution is -0.171. The molecule has 4 rings (SSSR count). The second-order valence-electron chi connectivity index (χ2n) is 8.45. The molecule has 130 valence electrons. The lowest BCUT2D eigenvalue weighted by atomic mass is 9.56. The van der Waals surface area contributed by atoms with E-state index in [0.29, 0.717) is 30.1 Å². The number of likely N-dealkylation sites (tertiary alicyclic amines) is 1. The number of ether oxygens (including phenoxy) is 1. The lowest BCUT2D eigenvalue weighted by Crippen LogP contribution is -2.66. The Labute approximate surface area is 143 Å². The number of methoxy groups -OCH3 is 1. The molecule has 1 aliphatic heterocycles. The Balaban J connectivity index is 1.23. The maximum absolute atomic E-state index is 12.4. The van der Waals surface area contributed by atoms with E-state index in [1.807, 2.05) is 24.0 Å². The molecular formula is C19H26N2O3. The van der Waals surface area contributed by atoms with Crippen molar-refractivity contribution in [2.45, 2.75) is 44.6 Å². The van der Waals surface area contributed by atoms with Gasteiger partial charge in [-0.1, -0.05) is 6.07 Å². The minimum Gasteiger partial charge on any atom is -0.481 e. The molecule has 24 heavy (non-hydrogen) atoms. The van der Waals surface area contributed by atoms with Crippen LogP contribution in [0, 0.1) is 17.3 Å². The van der Waals surface area contributed by atoms with Gasteiger partial charge in [-0.2, -0.15) is 0 Å². The molecule has 0 bridgehead atoms. The van der Waals surface area contributed by atoms with Gasteiger partial charge in [0.05, 0.1) is 12.7 Å². The van der Waals surface area contributed by atoms with Gasteiger partial charge in [0.15, 0.2) is 0 Å². The third-order valence-electron chi connectivity index (χ3n) is 6.02. The van der Waals surface area contributed by atoms with Crippen LogP contribution in [0.3, 0.4) is 0 Å². The zero-order valence-corrected chi connectivity index (χ0v) is 14.5. The zero-order valence-electron chi connectivity index (χ0n) is 14.5. The zero-order chi connectivity index (χ0) is 16.9. The molecule has 1 saturated heterocycles. The number of rotatable bonds is 4. The quantitative estimate of drug-likeness (QED) is 0.917. The van der Waals surface area contributed by atoms with Crippen LogP contribution in [0.2, 0.25) is 0 Å². The van der Waals surface area contributed by atoms with Crippen molar-refractivity contribution >= 4 is 5.91 Å². The van der Waals surface area contributed by atoms with E-state index in [2.05, 4.69) is 11.1 Å². The molecule has 2 heterocycles. The van der Waals surface area contributed by atoms with Crippen molar-refractivity contribution < 1.29 is 14.6 Å². The van der Waals surface area contributed by atoms with E-state index >= 15 is 0 Å². The fourth-order valence-electron chi connectivity index (χ4n) is 4.90. The smallest absolute Gasteiger partial charge is 0.225 e. The molecule has 0 radical (unpaired) electrons. The van der Waals surface area contributed by atoms with Gasteiger partial charge < -0.3 is 14.7 Å². The molecule has 1 N–H and O–H groups in total. The molecule has 0 aromatic carbocycles. The van der Waals surface area contributed by atoms with Gasteiger partial charge in [-0.15, -0.1) is 0 Å². The van der Waals surface area contributed by atoms with Crippen LogP contribution in [0.5, 0.6) is 5.88 Å². The highest BCUT2D eigenvalue weighted by Gasteiger charge is 2.55. The monoisotopic (exact) mass is 330 g/mol. The van der Waals surface area contributed by atoms with Crippen molar-refractivity contribution in [2.75, 3.05) is 20.2 Å². The summed E-state index contributed by atoms with van der Waals surface area (Å²) in [5.74, 6) is 1.66. The minimum absolute atomic E-state index is 0.0502. The number of aromatic nitrogens is 1. The molecular weight excluding hydrogens is 304 g/mol. The number of nitrogens with zero attached hydrogens (tertiary/aromatic N) is 2. The summed E-state index contributed by atoms with van der Waals surface area (Å²) in [4.78, 5) is 18.8. The number of hydrogen-bond acceptors (Lipinski definition) is 4. The van der Waals surface area contributed by atoms with Gasteiger partial charge in [-0.25, -0.2) is 4.98 Å². The third kappa shape index (κ3) is 2.79. The topological polar surface area (TPSA) is 62.7 Å². The van der Waals surface area contributed by atoms with Crippen molar-refractivity contribution in [2.24, 2.45) is 17.3 Å². The van der Waals surface area contributed by atoms with Crippen molar-refractivity contribution in [3.63, 3.8) is 0 Å². The number of amides is 1. The van der Waals surface area contributed by atoms with E-state index in [1.165, 1.54) is 12.8 Å². The van der Waals surface area contributed by atoms with E-state index in [-0.39, 0.29) is 11.8 Å². The first-order valence-corrected chi connectivity index (χ1v) is 8.89. The van der Waals surface area contributed by atoms with E-state index in [1.54, 1.807) is 7.11 Å². The molecule has 3 fully saturated rings. The maximum Gasteiger partial charge on any atom is 0.225 e. The molecule has 1 aromatic rings. The molecule has 1 amide bonds. The first-order valence-electron chi connectivity index (χ1n) is 8.89. The number of hydrogen-bond donors (Lipinski definition) is 1. The van der Waals surface area contributed by atoms with Crippen LogP contribution in [0.4, 0.5) is 0 Å². The first-order chi connectivity index (χ1) is 11.4. The highest BCUT2D eigenvalue weighted by atomic mass is 16.5. The number of aliphatic hydroxyl groups is 1. The summed E-state index contributed by atoms with van der Waals surface area (Å²) in [7, 11) is 1.64. The van der Waals surface area contributed by atoms with E-state index in [0.717, 1.165) is 25.2 Å². The van der Waals surface area contributed by atoms with Crippen LogP contribution in [0.1, 0.15) is 38.3 Å². The Morgan fingerprint density at radius 2 is 2.04 bits per heavy atom. The average molecular weight is 330 g/mol. The summed E-state index contributed by atoms with van der Waals surface area (Å²) in [5.41, 5.74) is 0.845. The molecule has 2 saturated carbocycles. The number of carbonyl (C=O) groups is 1. The molecule has 0 atom stereocenters. The Morgan fingerprint density at radius 3 is 2.67 bits per heavy atom. The van der Waals surface area contributed by atoms with Gasteiger partial charge in [-0.05, 0) is 51.0 Å². The lowest BCUT2D eigenvalue weighted by Gasteiger charge is -2.60. The van der Waals surface area contributed by atoms with E-state index < -0.39 is 5.60 Å². The van der Waals surface area contributed by atoms with E-state index in [4.69, 9.17) is 4.74 Å². The summed E-state index contributed by atoms with van der Waals surface area (Å²) in [6, 6.07) is 5.93. The summed E-state index contributed by atoms with van der Waals surface area (Å²) in [6.07, 6.45) is 4.63. The standard InChI is InChI=1S/C19H26N2O3/c1-18(23)9-14(10-18)17(22)21-11-19(12-21)7-13(8-19)6-15-4-3-5-16(20-15)24-2/h3-5,13-14,23H,6-12H2,1-2H3. The normalized spacial score (nSPS) is 31.1. The second kappa shape index (κ2) is 5.45. The highest BCUT2D eigenvalue weighted by Crippen LogP contribution is 2.53. The van der Waals surface area contributed by atoms with Crippen LogP contribution in [-0.4, -0.2) is 46.7 Å².